The highest BCUT2D eigenvalue weighted by molar-refractivity contribution is 7.80. The summed E-state index contributed by atoms with van der Waals surface area (Å²) in [6, 6.07) is 7.41. The Labute approximate surface area is 112 Å². The van der Waals surface area contributed by atoms with Crippen molar-refractivity contribution in [2.75, 3.05) is 25.1 Å². The van der Waals surface area contributed by atoms with E-state index in [9.17, 15) is 0 Å². The molecule has 0 bridgehead atoms. The van der Waals surface area contributed by atoms with Crippen LogP contribution in [-0.2, 0) is 4.74 Å². The zero-order valence-corrected chi connectivity index (χ0v) is 11.4. The lowest BCUT2D eigenvalue weighted by Gasteiger charge is -2.10. The second kappa shape index (κ2) is 8.28. The van der Waals surface area contributed by atoms with Gasteiger partial charge in [0.2, 0.25) is 0 Å². The first-order chi connectivity index (χ1) is 8.22. The number of anilines is 1. The van der Waals surface area contributed by atoms with Gasteiger partial charge in [0.15, 0.2) is 5.11 Å². The number of nitrogens with one attached hydrogen (secondary N) is 2. The highest BCUT2D eigenvalue weighted by atomic mass is 35.5. The van der Waals surface area contributed by atoms with Crippen molar-refractivity contribution in [2.24, 2.45) is 0 Å². The fraction of sp³-hybridized carbons (Fsp3) is 0.417. The Bertz CT molecular complexity index is 343. The van der Waals surface area contributed by atoms with Gasteiger partial charge in [-0.1, -0.05) is 11.6 Å². The van der Waals surface area contributed by atoms with Crippen LogP contribution in [0.1, 0.15) is 13.3 Å². The average molecular weight is 273 g/mol. The van der Waals surface area contributed by atoms with E-state index >= 15 is 0 Å². The summed E-state index contributed by atoms with van der Waals surface area (Å²) in [5.74, 6) is 0. The van der Waals surface area contributed by atoms with Gasteiger partial charge in [0.05, 0.1) is 0 Å². The fourth-order valence-electron chi connectivity index (χ4n) is 1.23. The van der Waals surface area contributed by atoms with E-state index in [0.29, 0.717) is 10.1 Å². The second-order valence-electron chi connectivity index (χ2n) is 3.44. The van der Waals surface area contributed by atoms with Crippen molar-refractivity contribution < 1.29 is 4.74 Å². The highest BCUT2D eigenvalue weighted by Crippen LogP contribution is 2.12. The third-order valence-corrected chi connectivity index (χ3v) is 2.56. The normalized spacial score (nSPS) is 10.0. The molecule has 0 unspecified atom stereocenters. The second-order valence-corrected chi connectivity index (χ2v) is 4.28. The molecule has 0 aliphatic carbocycles. The lowest BCUT2D eigenvalue weighted by molar-refractivity contribution is 0.146. The Morgan fingerprint density at radius 2 is 2.06 bits per heavy atom. The first-order valence-electron chi connectivity index (χ1n) is 5.60. The van der Waals surface area contributed by atoms with E-state index in [0.717, 1.165) is 31.9 Å². The van der Waals surface area contributed by atoms with Crippen molar-refractivity contribution in [1.82, 2.24) is 5.32 Å². The number of benzene rings is 1. The number of halogens is 1. The minimum Gasteiger partial charge on any atom is -0.382 e. The molecular weight excluding hydrogens is 256 g/mol. The molecule has 0 amide bonds. The number of hydrogen-bond acceptors (Lipinski definition) is 2. The molecule has 17 heavy (non-hydrogen) atoms. The number of ether oxygens (including phenoxy) is 1. The van der Waals surface area contributed by atoms with Crippen LogP contribution >= 0.6 is 23.8 Å². The van der Waals surface area contributed by atoms with Crippen molar-refractivity contribution in [3.8, 4) is 0 Å². The molecule has 3 nitrogen and oxygen atoms in total. The number of hydrogen-bond donors (Lipinski definition) is 2. The van der Waals surface area contributed by atoms with E-state index in [-0.39, 0.29) is 0 Å². The Morgan fingerprint density at radius 3 is 2.71 bits per heavy atom. The van der Waals surface area contributed by atoms with Crippen LogP contribution in [0.4, 0.5) is 5.69 Å². The predicted octanol–water partition coefficient (Wildman–Crippen LogP) is 3.05. The molecule has 0 saturated carbocycles. The Kier molecular flexibility index (Phi) is 6.93. The summed E-state index contributed by atoms with van der Waals surface area (Å²) in [5, 5.41) is 7.52. The fourth-order valence-corrected chi connectivity index (χ4v) is 1.57. The van der Waals surface area contributed by atoms with Crippen LogP contribution in [0, 0.1) is 0 Å². The standard InChI is InChI=1S/C12H17ClN2OS/c1-2-16-9-3-8-14-12(17)15-11-6-4-10(13)5-7-11/h4-7H,2-3,8-9H2,1H3,(H2,14,15,17). The van der Waals surface area contributed by atoms with E-state index in [1.165, 1.54) is 0 Å². The molecule has 0 aliphatic rings. The molecule has 1 aromatic carbocycles. The minimum absolute atomic E-state index is 0.615. The largest absolute Gasteiger partial charge is 0.382 e. The van der Waals surface area contributed by atoms with Crippen molar-refractivity contribution in [2.45, 2.75) is 13.3 Å². The van der Waals surface area contributed by atoms with Crippen LogP contribution in [0.25, 0.3) is 0 Å². The predicted molar refractivity (Wildman–Crippen MR) is 76.8 cm³/mol. The third-order valence-electron chi connectivity index (χ3n) is 2.06. The van der Waals surface area contributed by atoms with Crippen molar-refractivity contribution in [3.05, 3.63) is 29.3 Å². The zero-order chi connectivity index (χ0) is 12.5. The molecule has 0 aromatic heterocycles. The molecule has 0 fully saturated rings. The van der Waals surface area contributed by atoms with Crippen molar-refractivity contribution in [1.29, 1.82) is 0 Å². The first kappa shape index (κ1) is 14.2. The Morgan fingerprint density at radius 1 is 1.35 bits per heavy atom. The van der Waals surface area contributed by atoms with Crippen LogP contribution in [0.5, 0.6) is 0 Å². The summed E-state index contributed by atoms with van der Waals surface area (Å²) in [4.78, 5) is 0. The van der Waals surface area contributed by atoms with E-state index in [1.807, 2.05) is 31.2 Å². The van der Waals surface area contributed by atoms with Gasteiger partial charge in [-0.2, -0.15) is 0 Å². The molecule has 0 saturated heterocycles. The molecular formula is C12H17ClN2OS. The van der Waals surface area contributed by atoms with Crippen molar-refractivity contribution >= 4 is 34.6 Å². The SMILES string of the molecule is CCOCCCNC(=S)Nc1ccc(Cl)cc1. The third kappa shape index (κ3) is 6.46. The average Bonchev–Trinajstić information content (AvgIpc) is 2.32. The van der Waals surface area contributed by atoms with E-state index < -0.39 is 0 Å². The maximum Gasteiger partial charge on any atom is 0.170 e. The lowest BCUT2D eigenvalue weighted by Crippen LogP contribution is -2.29. The van der Waals surface area contributed by atoms with Crippen LogP contribution < -0.4 is 10.6 Å². The highest BCUT2D eigenvalue weighted by Gasteiger charge is 1.96. The molecule has 0 radical (unpaired) electrons. The van der Waals surface area contributed by atoms with Gasteiger partial charge in [-0.05, 0) is 49.8 Å². The zero-order valence-electron chi connectivity index (χ0n) is 9.83. The summed E-state index contributed by atoms with van der Waals surface area (Å²) in [7, 11) is 0. The summed E-state index contributed by atoms with van der Waals surface area (Å²) in [6.45, 7) is 4.31. The Balaban J connectivity index is 2.18. The Hall–Kier alpha value is -0.840. The van der Waals surface area contributed by atoms with Crippen molar-refractivity contribution in [3.63, 3.8) is 0 Å². The van der Waals surface area contributed by atoms with Crippen LogP contribution in [0.2, 0.25) is 5.02 Å². The first-order valence-corrected chi connectivity index (χ1v) is 6.39. The van der Waals surface area contributed by atoms with E-state index in [1.54, 1.807) is 0 Å². The van der Waals surface area contributed by atoms with Gasteiger partial charge in [0.25, 0.3) is 0 Å². The monoisotopic (exact) mass is 272 g/mol. The maximum absolute atomic E-state index is 5.79. The molecule has 94 valence electrons. The molecule has 1 aromatic rings. The molecule has 0 spiro atoms. The van der Waals surface area contributed by atoms with Crippen LogP contribution in [0.3, 0.4) is 0 Å². The molecule has 0 heterocycles. The van der Waals surface area contributed by atoms with Gasteiger partial charge in [0, 0.05) is 30.5 Å². The number of rotatable bonds is 6. The van der Waals surface area contributed by atoms with Crippen LogP contribution in [0.15, 0.2) is 24.3 Å². The van der Waals surface area contributed by atoms with Crippen LogP contribution in [-0.4, -0.2) is 24.9 Å². The summed E-state index contributed by atoms with van der Waals surface area (Å²) >= 11 is 10.9. The molecule has 1 rings (SSSR count). The molecule has 2 N–H and O–H groups in total. The molecule has 0 atom stereocenters. The smallest absolute Gasteiger partial charge is 0.170 e. The van der Waals surface area contributed by atoms with Gasteiger partial charge in [0.1, 0.15) is 0 Å². The molecule has 0 aliphatic heterocycles. The summed E-state index contributed by atoms with van der Waals surface area (Å²) in [5.41, 5.74) is 0.928. The quantitative estimate of drug-likeness (QED) is 0.616. The van der Waals surface area contributed by atoms with Gasteiger partial charge in [-0.3, -0.25) is 0 Å². The summed E-state index contributed by atoms with van der Waals surface area (Å²) in [6.07, 6.45) is 0.941. The van der Waals surface area contributed by atoms with Gasteiger partial charge in [-0.25, -0.2) is 0 Å². The van der Waals surface area contributed by atoms with Gasteiger partial charge >= 0.3 is 0 Å². The lowest BCUT2D eigenvalue weighted by atomic mass is 10.3. The topological polar surface area (TPSA) is 33.3 Å². The van der Waals surface area contributed by atoms with E-state index in [2.05, 4.69) is 10.6 Å². The van der Waals surface area contributed by atoms with Gasteiger partial charge in [-0.15, -0.1) is 0 Å². The minimum atomic E-state index is 0.615. The van der Waals surface area contributed by atoms with E-state index in [4.69, 9.17) is 28.6 Å². The number of thiocarbonyl (C=S) groups is 1. The van der Waals surface area contributed by atoms with Gasteiger partial charge < -0.3 is 15.4 Å². The summed E-state index contributed by atoms with van der Waals surface area (Å²) < 4.78 is 5.23. The maximum atomic E-state index is 5.79. The molecule has 5 heteroatoms.